The van der Waals surface area contributed by atoms with Gasteiger partial charge in [0.2, 0.25) is 0 Å². The Bertz CT molecular complexity index is 1060. The minimum Gasteiger partial charge on any atom is -0.338 e. The molecule has 0 radical (unpaired) electrons. The van der Waals surface area contributed by atoms with E-state index in [1.165, 1.54) is 6.26 Å². The molecule has 0 aromatic carbocycles. The highest BCUT2D eigenvalue weighted by Gasteiger charge is 2.13. The molecule has 0 aliphatic heterocycles. The molecule has 0 saturated heterocycles. The van der Waals surface area contributed by atoms with Crippen molar-refractivity contribution in [3.8, 4) is 11.1 Å². The molecular weight excluding hydrogens is 366 g/mol. The highest BCUT2D eigenvalue weighted by molar-refractivity contribution is 7.90. The second kappa shape index (κ2) is 7.75. The minimum absolute atomic E-state index is 0.0237. The van der Waals surface area contributed by atoms with Crippen molar-refractivity contribution in [1.29, 1.82) is 0 Å². The predicted molar refractivity (Wildman–Crippen MR) is 105 cm³/mol. The quantitative estimate of drug-likeness (QED) is 0.674. The number of nitrogens with one attached hydrogen (secondary N) is 2. The van der Waals surface area contributed by atoms with Gasteiger partial charge in [0.1, 0.15) is 15.5 Å². The zero-order valence-electron chi connectivity index (χ0n) is 15.1. The van der Waals surface area contributed by atoms with Crippen LogP contribution >= 0.6 is 0 Å². The number of pyridine rings is 2. The predicted octanol–water partition coefficient (Wildman–Crippen LogP) is 2.12. The molecule has 9 heteroatoms. The van der Waals surface area contributed by atoms with Crippen molar-refractivity contribution in [3.05, 3.63) is 48.5 Å². The number of imidazole rings is 1. The number of sulfone groups is 1. The molecule has 0 aliphatic carbocycles. The van der Waals surface area contributed by atoms with Crippen LogP contribution in [0, 0.1) is 0 Å². The summed E-state index contributed by atoms with van der Waals surface area (Å²) in [6.07, 6.45) is 6.67. The van der Waals surface area contributed by atoms with Crippen molar-refractivity contribution in [2.24, 2.45) is 0 Å². The molecular formula is C18H21N5O3S. The summed E-state index contributed by atoms with van der Waals surface area (Å²) < 4.78 is 25.0. The van der Waals surface area contributed by atoms with Crippen LogP contribution in [0.3, 0.4) is 0 Å². The zero-order chi connectivity index (χ0) is 19.4. The lowest BCUT2D eigenvalue weighted by Crippen LogP contribution is -2.28. The largest absolute Gasteiger partial charge is 0.338 e. The fourth-order valence-corrected chi connectivity index (χ4v) is 3.30. The maximum absolute atomic E-state index is 11.8. The number of amides is 2. The van der Waals surface area contributed by atoms with E-state index in [0.717, 1.165) is 16.8 Å². The Kier molecular flexibility index (Phi) is 5.41. The third-order valence-corrected chi connectivity index (χ3v) is 4.90. The minimum atomic E-state index is -3.11. The van der Waals surface area contributed by atoms with Gasteiger partial charge in [-0.3, -0.25) is 10.3 Å². The molecule has 142 valence electrons. The number of fused-ring (bicyclic) bond motifs is 1. The number of carbonyl (C=O) groups is 1. The van der Waals surface area contributed by atoms with Crippen molar-refractivity contribution in [1.82, 2.24) is 19.7 Å². The smallest absolute Gasteiger partial charge is 0.320 e. The number of urea groups is 1. The molecule has 3 aromatic heterocycles. The van der Waals surface area contributed by atoms with Gasteiger partial charge in [0.15, 0.2) is 5.82 Å². The SMILES string of the molecule is CCNC(=O)Nc1cn2c(CCS(C)(=O)=O)cc(-c3cccnc3)cc2n1. The Morgan fingerprint density at radius 1 is 1.26 bits per heavy atom. The van der Waals surface area contributed by atoms with Crippen LogP contribution in [0.25, 0.3) is 16.8 Å². The Hall–Kier alpha value is -2.94. The molecule has 8 nitrogen and oxygen atoms in total. The van der Waals surface area contributed by atoms with Gasteiger partial charge < -0.3 is 9.72 Å². The Morgan fingerprint density at radius 3 is 2.74 bits per heavy atom. The maximum atomic E-state index is 11.8. The Balaban J connectivity index is 2.04. The number of nitrogens with zero attached hydrogens (tertiary/aromatic N) is 3. The van der Waals surface area contributed by atoms with Gasteiger partial charge >= 0.3 is 6.03 Å². The summed E-state index contributed by atoms with van der Waals surface area (Å²) in [6, 6.07) is 7.22. The van der Waals surface area contributed by atoms with E-state index < -0.39 is 9.84 Å². The van der Waals surface area contributed by atoms with Crippen LogP contribution in [0.4, 0.5) is 10.6 Å². The van der Waals surface area contributed by atoms with Crippen molar-refractivity contribution >= 4 is 27.3 Å². The Morgan fingerprint density at radius 2 is 2.07 bits per heavy atom. The van der Waals surface area contributed by atoms with Gasteiger partial charge in [-0.1, -0.05) is 6.07 Å². The van der Waals surface area contributed by atoms with Gasteiger partial charge in [-0.15, -0.1) is 0 Å². The third-order valence-electron chi connectivity index (χ3n) is 3.95. The van der Waals surface area contributed by atoms with E-state index in [1.54, 1.807) is 23.0 Å². The van der Waals surface area contributed by atoms with Crippen molar-refractivity contribution in [2.45, 2.75) is 13.3 Å². The lowest BCUT2D eigenvalue weighted by molar-refractivity contribution is 0.252. The first-order valence-corrected chi connectivity index (χ1v) is 10.6. The number of aryl methyl sites for hydroxylation is 1. The first kappa shape index (κ1) is 18.8. The number of hydrogen-bond donors (Lipinski definition) is 2. The van der Waals surface area contributed by atoms with Crippen LogP contribution in [-0.2, 0) is 16.3 Å². The molecule has 0 spiro atoms. The average Bonchev–Trinajstić information content (AvgIpc) is 3.02. The molecule has 3 rings (SSSR count). The van der Waals surface area contributed by atoms with E-state index in [0.29, 0.717) is 24.4 Å². The number of aromatic nitrogens is 3. The lowest BCUT2D eigenvalue weighted by atomic mass is 10.1. The maximum Gasteiger partial charge on any atom is 0.320 e. The summed E-state index contributed by atoms with van der Waals surface area (Å²) in [5.41, 5.74) is 3.19. The second-order valence-electron chi connectivity index (χ2n) is 6.20. The number of rotatable bonds is 6. The van der Waals surface area contributed by atoms with E-state index in [1.807, 2.05) is 31.2 Å². The summed E-state index contributed by atoms with van der Waals surface area (Å²) in [4.78, 5) is 20.3. The van der Waals surface area contributed by atoms with Crippen LogP contribution in [-0.4, -0.2) is 47.4 Å². The van der Waals surface area contributed by atoms with E-state index in [2.05, 4.69) is 20.6 Å². The van der Waals surface area contributed by atoms with Crippen LogP contribution in [0.2, 0.25) is 0 Å². The van der Waals surface area contributed by atoms with Gasteiger partial charge in [0.25, 0.3) is 0 Å². The summed E-state index contributed by atoms with van der Waals surface area (Å²) in [7, 11) is -3.11. The van der Waals surface area contributed by atoms with Gasteiger partial charge in [-0.2, -0.15) is 0 Å². The summed E-state index contributed by atoms with van der Waals surface area (Å²) >= 11 is 0. The molecule has 2 amide bonds. The molecule has 0 bridgehead atoms. The molecule has 0 atom stereocenters. The van der Waals surface area contributed by atoms with E-state index in [9.17, 15) is 13.2 Å². The number of carbonyl (C=O) groups excluding carboxylic acids is 1. The molecule has 0 unspecified atom stereocenters. The summed E-state index contributed by atoms with van der Waals surface area (Å²) in [5.74, 6) is 0.417. The van der Waals surface area contributed by atoms with Gasteiger partial charge in [0, 0.05) is 42.9 Å². The monoisotopic (exact) mass is 387 g/mol. The van der Waals surface area contributed by atoms with E-state index >= 15 is 0 Å². The van der Waals surface area contributed by atoms with Gasteiger partial charge in [0.05, 0.1) is 11.9 Å². The van der Waals surface area contributed by atoms with E-state index in [4.69, 9.17) is 0 Å². The summed E-state index contributed by atoms with van der Waals surface area (Å²) in [5, 5.41) is 5.33. The number of hydrogen-bond acceptors (Lipinski definition) is 5. The normalized spacial score (nSPS) is 11.5. The average molecular weight is 387 g/mol. The molecule has 2 N–H and O–H groups in total. The first-order valence-electron chi connectivity index (χ1n) is 8.51. The highest BCUT2D eigenvalue weighted by atomic mass is 32.2. The van der Waals surface area contributed by atoms with Crippen molar-refractivity contribution in [3.63, 3.8) is 0 Å². The Labute approximate surface area is 157 Å². The lowest BCUT2D eigenvalue weighted by Gasteiger charge is -2.09. The van der Waals surface area contributed by atoms with E-state index in [-0.39, 0.29) is 11.8 Å². The summed E-state index contributed by atoms with van der Waals surface area (Å²) in [6.45, 7) is 2.33. The molecule has 0 aliphatic rings. The molecule has 3 aromatic rings. The fraction of sp³-hybridized carbons (Fsp3) is 0.278. The van der Waals surface area contributed by atoms with Crippen LogP contribution in [0.15, 0.2) is 42.9 Å². The molecule has 3 heterocycles. The molecule has 27 heavy (non-hydrogen) atoms. The van der Waals surface area contributed by atoms with Crippen molar-refractivity contribution < 1.29 is 13.2 Å². The zero-order valence-corrected chi connectivity index (χ0v) is 16.0. The topological polar surface area (TPSA) is 105 Å². The van der Waals surface area contributed by atoms with Gasteiger partial charge in [-0.05, 0) is 30.7 Å². The highest BCUT2D eigenvalue weighted by Crippen LogP contribution is 2.24. The third kappa shape index (κ3) is 4.82. The molecule has 0 fully saturated rings. The standard InChI is InChI=1S/C18H21N5O3S/c1-3-20-18(24)22-16-12-23-15(6-8-27(2,25)26)9-14(10-17(23)21-16)13-5-4-7-19-11-13/h4-5,7,9-12H,3,6,8H2,1-2H3,(H2,20,22,24). The first-order chi connectivity index (χ1) is 12.9. The van der Waals surface area contributed by atoms with Crippen LogP contribution in [0.1, 0.15) is 12.6 Å². The van der Waals surface area contributed by atoms with Gasteiger partial charge in [-0.25, -0.2) is 18.2 Å². The van der Waals surface area contributed by atoms with Crippen LogP contribution < -0.4 is 10.6 Å². The van der Waals surface area contributed by atoms with Crippen molar-refractivity contribution in [2.75, 3.05) is 23.9 Å². The van der Waals surface area contributed by atoms with Crippen LogP contribution in [0.5, 0.6) is 0 Å². The second-order valence-corrected chi connectivity index (χ2v) is 8.46. The number of anilines is 1. The molecule has 0 saturated carbocycles. The fourth-order valence-electron chi connectivity index (χ4n) is 2.72.